The SMILES string of the molecule is NCCn1nnnc1[C@@H](N)Cc1ccc(-c2ccccc2)cc1. The van der Waals surface area contributed by atoms with Crippen molar-refractivity contribution in [2.45, 2.75) is 19.0 Å². The maximum atomic E-state index is 6.25. The van der Waals surface area contributed by atoms with Gasteiger partial charge in [0, 0.05) is 6.54 Å². The molecule has 3 aromatic rings. The van der Waals surface area contributed by atoms with Gasteiger partial charge in [-0.25, -0.2) is 4.68 Å². The van der Waals surface area contributed by atoms with E-state index in [4.69, 9.17) is 11.5 Å². The molecular weight excluding hydrogens is 288 g/mol. The van der Waals surface area contributed by atoms with E-state index in [9.17, 15) is 0 Å². The summed E-state index contributed by atoms with van der Waals surface area (Å²) < 4.78 is 1.67. The fraction of sp³-hybridized carbons (Fsp3) is 0.235. The predicted octanol–water partition coefficient (Wildman–Crippen LogP) is 1.54. The van der Waals surface area contributed by atoms with Crippen LogP contribution in [-0.2, 0) is 13.0 Å². The summed E-state index contributed by atoms with van der Waals surface area (Å²) >= 11 is 0. The van der Waals surface area contributed by atoms with Gasteiger partial charge in [0.25, 0.3) is 0 Å². The molecule has 1 atom stereocenters. The number of aromatic nitrogens is 4. The molecule has 0 aliphatic carbocycles. The van der Waals surface area contributed by atoms with Gasteiger partial charge in [-0.2, -0.15) is 0 Å². The van der Waals surface area contributed by atoms with Crippen LogP contribution in [0, 0.1) is 0 Å². The van der Waals surface area contributed by atoms with Gasteiger partial charge in [0.15, 0.2) is 5.82 Å². The van der Waals surface area contributed by atoms with Crippen molar-refractivity contribution in [1.29, 1.82) is 0 Å². The van der Waals surface area contributed by atoms with Gasteiger partial charge in [-0.05, 0) is 33.5 Å². The molecule has 0 aliphatic heterocycles. The molecule has 4 N–H and O–H groups in total. The highest BCUT2D eigenvalue weighted by atomic mass is 15.5. The summed E-state index contributed by atoms with van der Waals surface area (Å²) in [6.45, 7) is 1.06. The van der Waals surface area contributed by atoms with Crippen molar-refractivity contribution in [3.05, 3.63) is 66.0 Å². The van der Waals surface area contributed by atoms with Crippen molar-refractivity contribution in [2.75, 3.05) is 6.54 Å². The summed E-state index contributed by atoms with van der Waals surface area (Å²) in [5.41, 5.74) is 15.4. The van der Waals surface area contributed by atoms with E-state index in [1.54, 1.807) is 4.68 Å². The highest BCUT2D eigenvalue weighted by Gasteiger charge is 2.15. The van der Waals surface area contributed by atoms with Gasteiger partial charge < -0.3 is 11.5 Å². The van der Waals surface area contributed by atoms with E-state index >= 15 is 0 Å². The topological polar surface area (TPSA) is 95.6 Å². The number of nitrogens with zero attached hydrogens (tertiary/aromatic N) is 4. The number of tetrazole rings is 1. The van der Waals surface area contributed by atoms with Crippen molar-refractivity contribution < 1.29 is 0 Å². The van der Waals surface area contributed by atoms with Crippen LogP contribution in [0.4, 0.5) is 0 Å². The van der Waals surface area contributed by atoms with Crippen LogP contribution in [0.1, 0.15) is 17.4 Å². The minimum absolute atomic E-state index is 0.251. The third kappa shape index (κ3) is 3.61. The Kier molecular flexibility index (Phi) is 4.75. The summed E-state index contributed by atoms with van der Waals surface area (Å²) in [7, 11) is 0. The molecule has 118 valence electrons. The van der Waals surface area contributed by atoms with Crippen LogP contribution in [0.25, 0.3) is 11.1 Å². The molecule has 2 aromatic carbocycles. The Bertz CT molecular complexity index is 735. The first-order valence-electron chi connectivity index (χ1n) is 7.64. The molecule has 6 nitrogen and oxygen atoms in total. The van der Waals surface area contributed by atoms with Crippen LogP contribution in [0.15, 0.2) is 54.6 Å². The fourth-order valence-electron chi connectivity index (χ4n) is 2.57. The zero-order valence-corrected chi connectivity index (χ0v) is 12.8. The Morgan fingerprint density at radius 2 is 1.65 bits per heavy atom. The lowest BCUT2D eigenvalue weighted by molar-refractivity contribution is 0.535. The van der Waals surface area contributed by atoms with E-state index in [-0.39, 0.29) is 6.04 Å². The van der Waals surface area contributed by atoms with Crippen LogP contribution in [0.3, 0.4) is 0 Å². The number of benzene rings is 2. The molecule has 1 aromatic heterocycles. The van der Waals surface area contributed by atoms with Gasteiger partial charge in [-0.3, -0.25) is 0 Å². The van der Waals surface area contributed by atoms with Crippen LogP contribution >= 0.6 is 0 Å². The Labute approximate surface area is 135 Å². The molecule has 0 saturated heterocycles. The van der Waals surface area contributed by atoms with Crippen LogP contribution in [0.2, 0.25) is 0 Å². The summed E-state index contributed by atoms with van der Waals surface area (Å²) in [5.74, 6) is 0.669. The quantitative estimate of drug-likeness (QED) is 0.720. The number of rotatable bonds is 6. The third-order valence-electron chi connectivity index (χ3n) is 3.75. The molecular formula is C17H20N6. The average molecular weight is 308 g/mol. The Hall–Kier alpha value is -2.57. The normalized spacial score (nSPS) is 12.3. The van der Waals surface area contributed by atoms with Gasteiger partial charge in [-0.15, -0.1) is 5.10 Å². The smallest absolute Gasteiger partial charge is 0.168 e. The second-order valence-electron chi connectivity index (χ2n) is 5.42. The number of hydrogen-bond acceptors (Lipinski definition) is 5. The summed E-state index contributed by atoms with van der Waals surface area (Å²) in [5, 5.41) is 11.6. The van der Waals surface area contributed by atoms with Gasteiger partial charge in [-0.1, -0.05) is 54.6 Å². The Morgan fingerprint density at radius 1 is 0.957 bits per heavy atom. The van der Waals surface area contributed by atoms with Crippen LogP contribution < -0.4 is 11.5 Å². The van der Waals surface area contributed by atoms with Gasteiger partial charge >= 0.3 is 0 Å². The average Bonchev–Trinajstić information content (AvgIpc) is 3.05. The first-order valence-corrected chi connectivity index (χ1v) is 7.64. The zero-order valence-electron chi connectivity index (χ0n) is 12.8. The van der Waals surface area contributed by atoms with Gasteiger partial charge in [0.2, 0.25) is 0 Å². The monoisotopic (exact) mass is 308 g/mol. The highest BCUT2D eigenvalue weighted by molar-refractivity contribution is 5.63. The lowest BCUT2D eigenvalue weighted by atomic mass is 10.0. The minimum Gasteiger partial charge on any atom is -0.329 e. The molecule has 0 radical (unpaired) electrons. The predicted molar refractivity (Wildman–Crippen MR) is 89.4 cm³/mol. The molecule has 1 heterocycles. The van der Waals surface area contributed by atoms with E-state index in [1.807, 2.05) is 18.2 Å². The Morgan fingerprint density at radius 3 is 2.35 bits per heavy atom. The van der Waals surface area contributed by atoms with Crippen molar-refractivity contribution in [2.24, 2.45) is 11.5 Å². The van der Waals surface area contributed by atoms with E-state index in [1.165, 1.54) is 11.1 Å². The van der Waals surface area contributed by atoms with E-state index < -0.39 is 0 Å². The van der Waals surface area contributed by atoms with Crippen molar-refractivity contribution in [3.63, 3.8) is 0 Å². The fourth-order valence-corrected chi connectivity index (χ4v) is 2.57. The van der Waals surface area contributed by atoms with E-state index in [0.717, 1.165) is 5.56 Å². The molecule has 0 amide bonds. The third-order valence-corrected chi connectivity index (χ3v) is 3.75. The Balaban J connectivity index is 1.72. The molecule has 0 unspecified atom stereocenters. The van der Waals surface area contributed by atoms with Gasteiger partial charge in [0.1, 0.15) is 0 Å². The summed E-state index contributed by atoms with van der Waals surface area (Å²) in [6.07, 6.45) is 0.681. The van der Waals surface area contributed by atoms with Crippen LogP contribution in [-0.4, -0.2) is 26.8 Å². The van der Waals surface area contributed by atoms with E-state index in [2.05, 4.69) is 51.9 Å². The maximum Gasteiger partial charge on any atom is 0.168 e. The molecule has 0 saturated carbocycles. The van der Waals surface area contributed by atoms with Crippen molar-refractivity contribution in [1.82, 2.24) is 20.2 Å². The minimum atomic E-state index is -0.251. The lowest BCUT2D eigenvalue weighted by Gasteiger charge is -2.12. The molecule has 23 heavy (non-hydrogen) atoms. The molecule has 0 spiro atoms. The molecule has 0 bridgehead atoms. The largest absolute Gasteiger partial charge is 0.329 e. The summed E-state index contributed by atoms with van der Waals surface area (Å²) in [6, 6.07) is 18.5. The van der Waals surface area contributed by atoms with E-state index in [0.29, 0.717) is 25.3 Å². The zero-order chi connectivity index (χ0) is 16.1. The first-order chi connectivity index (χ1) is 11.3. The molecule has 0 fully saturated rings. The lowest BCUT2D eigenvalue weighted by Crippen LogP contribution is -2.22. The molecule has 3 rings (SSSR count). The molecule has 6 heteroatoms. The van der Waals surface area contributed by atoms with Crippen molar-refractivity contribution in [3.8, 4) is 11.1 Å². The second-order valence-corrected chi connectivity index (χ2v) is 5.42. The van der Waals surface area contributed by atoms with Crippen molar-refractivity contribution >= 4 is 0 Å². The number of hydrogen-bond donors (Lipinski definition) is 2. The maximum absolute atomic E-state index is 6.25. The standard InChI is InChI=1S/C17H20N6/c18-10-11-23-17(20-21-22-23)16(19)12-13-6-8-15(9-7-13)14-4-2-1-3-5-14/h1-9,16H,10-12,18-19H2/t16-/m0/s1. The molecule has 0 aliphatic rings. The highest BCUT2D eigenvalue weighted by Crippen LogP contribution is 2.21. The number of nitrogens with two attached hydrogens (primary N) is 2. The van der Waals surface area contributed by atoms with Crippen LogP contribution in [0.5, 0.6) is 0 Å². The summed E-state index contributed by atoms with van der Waals surface area (Å²) in [4.78, 5) is 0. The second kappa shape index (κ2) is 7.13. The first kappa shape index (κ1) is 15.3. The van der Waals surface area contributed by atoms with Gasteiger partial charge in [0.05, 0.1) is 12.6 Å².